The second-order valence-corrected chi connectivity index (χ2v) is 4.09. The minimum absolute atomic E-state index is 0.940. The number of nitrogens with zero attached hydrogens (tertiary/aromatic N) is 1. The number of hydrogen-bond acceptors (Lipinski definition) is 2. The maximum Gasteiger partial charge on any atom is 0.0161 e. The Balaban J connectivity index is 3.69. The highest BCUT2D eigenvalue weighted by Crippen LogP contribution is 2.18. The van der Waals surface area contributed by atoms with Gasteiger partial charge < -0.3 is 0 Å². The summed E-state index contributed by atoms with van der Waals surface area (Å²) in [5.74, 6) is 0. The smallest absolute Gasteiger partial charge is 0.0161 e. The third kappa shape index (κ3) is 6.35. The van der Waals surface area contributed by atoms with Crippen molar-refractivity contribution >= 4 is 15.9 Å². The fourth-order valence-electron chi connectivity index (χ4n) is 0.952. The van der Waals surface area contributed by atoms with E-state index in [-0.39, 0.29) is 0 Å². The maximum absolute atomic E-state index is 4.02. The summed E-state index contributed by atoms with van der Waals surface area (Å²) in [5, 5.41) is 2.07. The van der Waals surface area contributed by atoms with Gasteiger partial charge in [0.15, 0.2) is 0 Å². The summed E-state index contributed by atoms with van der Waals surface area (Å²) in [6.45, 7) is 10.2. The lowest BCUT2D eigenvalue weighted by atomic mass is 10.2. The quantitative estimate of drug-likeness (QED) is 0.559. The summed E-state index contributed by atoms with van der Waals surface area (Å²) in [4.78, 5) is 0. The van der Waals surface area contributed by atoms with Crippen LogP contribution in [0.3, 0.4) is 0 Å². The number of halogens is 1. The van der Waals surface area contributed by atoms with Crippen LogP contribution in [0.1, 0.15) is 26.7 Å². The highest BCUT2D eigenvalue weighted by atomic mass is 79.9. The molecule has 0 atom stereocenters. The largest absolute Gasteiger partial charge is 0.255 e. The van der Waals surface area contributed by atoms with Gasteiger partial charge in [-0.25, -0.2) is 5.01 Å². The lowest BCUT2D eigenvalue weighted by molar-refractivity contribution is 0.250. The molecule has 0 aliphatic carbocycles. The first-order chi connectivity index (χ1) is 6.61. The first kappa shape index (κ1) is 13.9. The summed E-state index contributed by atoms with van der Waals surface area (Å²) in [5.41, 5.74) is 4.44. The van der Waals surface area contributed by atoms with Crippen LogP contribution in [-0.2, 0) is 0 Å². The van der Waals surface area contributed by atoms with Crippen molar-refractivity contribution < 1.29 is 0 Å². The highest BCUT2D eigenvalue weighted by molar-refractivity contribution is 9.12. The van der Waals surface area contributed by atoms with Gasteiger partial charge in [0, 0.05) is 24.6 Å². The first-order valence-electron chi connectivity index (χ1n) is 5.10. The van der Waals surface area contributed by atoms with Crippen molar-refractivity contribution in [2.75, 3.05) is 20.1 Å². The van der Waals surface area contributed by atoms with Crippen LogP contribution in [0.2, 0.25) is 0 Å². The molecular weight excluding hydrogens is 240 g/mol. The van der Waals surface area contributed by atoms with E-state index in [9.17, 15) is 0 Å². The number of hydrazine groups is 1. The zero-order valence-electron chi connectivity index (χ0n) is 9.44. The zero-order chi connectivity index (χ0) is 11.0. The van der Waals surface area contributed by atoms with E-state index in [1.165, 1.54) is 0 Å². The van der Waals surface area contributed by atoms with Crippen molar-refractivity contribution in [3.05, 3.63) is 22.7 Å². The van der Waals surface area contributed by atoms with Crippen LogP contribution >= 0.6 is 15.9 Å². The normalized spacial score (nSPS) is 12.2. The van der Waals surface area contributed by atoms with E-state index in [0.29, 0.717) is 0 Å². The van der Waals surface area contributed by atoms with Crippen molar-refractivity contribution in [2.24, 2.45) is 0 Å². The molecular formula is C11H21BrN2. The number of allylic oxidation sites excluding steroid dienone is 2. The van der Waals surface area contributed by atoms with Crippen molar-refractivity contribution in [1.82, 2.24) is 10.4 Å². The van der Waals surface area contributed by atoms with Gasteiger partial charge in [-0.15, -0.1) is 0 Å². The summed E-state index contributed by atoms with van der Waals surface area (Å²) in [7, 11) is 2.04. The highest BCUT2D eigenvalue weighted by Gasteiger charge is 1.99. The molecule has 0 unspecified atom stereocenters. The third-order valence-corrected chi connectivity index (χ3v) is 2.89. The van der Waals surface area contributed by atoms with Crippen LogP contribution in [0.4, 0.5) is 0 Å². The Bertz CT molecular complexity index is 199. The van der Waals surface area contributed by atoms with Crippen LogP contribution in [-0.4, -0.2) is 25.1 Å². The van der Waals surface area contributed by atoms with E-state index in [2.05, 4.69) is 52.9 Å². The molecule has 14 heavy (non-hydrogen) atoms. The van der Waals surface area contributed by atoms with Gasteiger partial charge in [0.1, 0.15) is 0 Å². The van der Waals surface area contributed by atoms with Crippen molar-refractivity contribution in [2.45, 2.75) is 26.7 Å². The third-order valence-electron chi connectivity index (χ3n) is 2.00. The first-order valence-corrected chi connectivity index (χ1v) is 5.89. The number of hydrogen-bond donors (Lipinski definition) is 1. The van der Waals surface area contributed by atoms with Gasteiger partial charge in [0.25, 0.3) is 0 Å². The Morgan fingerprint density at radius 2 is 2.14 bits per heavy atom. The molecule has 0 aromatic rings. The Labute approximate surface area is 96.2 Å². The van der Waals surface area contributed by atoms with Gasteiger partial charge in [-0.3, -0.25) is 5.43 Å². The van der Waals surface area contributed by atoms with Gasteiger partial charge in [0.2, 0.25) is 0 Å². The molecule has 0 rings (SSSR count). The summed E-state index contributed by atoms with van der Waals surface area (Å²) < 4.78 is 1.14. The van der Waals surface area contributed by atoms with E-state index in [1.54, 1.807) is 0 Å². The summed E-state index contributed by atoms with van der Waals surface area (Å²) in [6, 6.07) is 0. The van der Waals surface area contributed by atoms with Gasteiger partial charge in [0.05, 0.1) is 0 Å². The molecule has 0 saturated heterocycles. The Hall–Kier alpha value is -0.120. The van der Waals surface area contributed by atoms with Crippen LogP contribution in [0, 0.1) is 0 Å². The molecule has 0 saturated carbocycles. The molecule has 1 N–H and O–H groups in total. The SMILES string of the molecule is C=C(CCNN(C)CC)/C(Br)=C\CC. The lowest BCUT2D eigenvalue weighted by Gasteiger charge is -2.15. The van der Waals surface area contributed by atoms with Crippen molar-refractivity contribution in [3.63, 3.8) is 0 Å². The molecule has 0 amide bonds. The van der Waals surface area contributed by atoms with Crippen LogP contribution in [0.15, 0.2) is 22.7 Å². The van der Waals surface area contributed by atoms with E-state index >= 15 is 0 Å². The lowest BCUT2D eigenvalue weighted by Crippen LogP contribution is -2.34. The van der Waals surface area contributed by atoms with E-state index < -0.39 is 0 Å². The molecule has 0 spiro atoms. The average molecular weight is 261 g/mol. The van der Waals surface area contributed by atoms with Crippen molar-refractivity contribution in [3.8, 4) is 0 Å². The Kier molecular flexibility index (Phi) is 8.14. The minimum atomic E-state index is 0.940. The number of nitrogens with one attached hydrogen (secondary N) is 1. The Morgan fingerprint density at radius 3 is 2.64 bits per heavy atom. The van der Waals surface area contributed by atoms with Crippen molar-refractivity contribution in [1.29, 1.82) is 0 Å². The molecule has 0 aromatic heterocycles. The van der Waals surface area contributed by atoms with Gasteiger partial charge in [-0.2, -0.15) is 0 Å². The van der Waals surface area contributed by atoms with Crippen LogP contribution in [0.5, 0.6) is 0 Å². The predicted octanol–water partition coefficient (Wildman–Crippen LogP) is 3.08. The van der Waals surface area contributed by atoms with Gasteiger partial charge in [-0.05, 0) is 18.4 Å². The topological polar surface area (TPSA) is 15.3 Å². The zero-order valence-corrected chi connectivity index (χ0v) is 11.0. The van der Waals surface area contributed by atoms with Crippen LogP contribution in [0.25, 0.3) is 0 Å². The minimum Gasteiger partial charge on any atom is -0.255 e. The molecule has 0 aliphatic heterocycles. The molecule has 82 valence electrons. The summed E-state index contributed by atoms with van der Waals surface area (Å²) >= 11 is 3.51. The van der Waals surface area contributed by atoms with E-state index in [1.807, 2.05) is 7.05 Å². The monoisotopic (exact) mass is 260 g/mol. The molecule has 3 heteroatoms. The Morgan fingerprint density at radius 1 is 1.50 bits per heavy atom. The van der Waals surface area contributed by atoms with Gasteiger partial charge in [-0.1, -0.05) is 42.4 Å². The molecule has 0 aliphatic rings. The van der Waals surface area contributed by atoms with Crippen LogP contribution < -0.4 is 5.43 Å². The molecule has 0 radical (unpaired) electrons. The summed E-state index contributed by atoms with van der Waals surface area (Å²) in [6.07, 6.45) is 4.16. The van der Waals surface area contributed by atoms with E-state index in [4.69, 9.17) is 0 Å². The second-order valence-electron chi connectivity index (χ2n) is 3.24. The standard InChI is InChI=1S/C11H21BrN2/c1-5-7-11(12)10(3)8-9-13-14(4)6-2/h7,13H,3,5-6,8-9H2,1-2,4H3/b11-7+. The molecule has 0 aromatic carbocycles. The number of rotatable bonds is 7. The fraction of sp³-hybridized carbons (Fsp3) is 0.636. The maximum atomic E-state index is 4.02. The van der Waals surface area contributed by atoms with Gasteiger partial charge >= 0.3 is 0 Å². The molecule has 0 heterocycles. The van der Waals surface area contributed by atoms with E-state index in [0.717, 1.165) is 36.0 Å². The molecule has 0 fully saturated rings. The molecule has 2 nitrogen and oxygen atoms in total. The molecule has 0 bridgehead atoms. The predicted molar refractivity (Wildman–Crippen MR) is 67.4 cm³/mol. The second kappa shape index (κ2) is 8.21. The fourth-order valence-corrected chi connectivity index (χ4v) is 1.47. The average Bonchev–Trinajstić information content (AvgIpc) is 2.17.